The van der Waals surface area contributed by atoms with Crippen LogP contribution in [0.4, 0.5) is 0 Å². The van der Waals surface area contributed by atoms with Crippen LogP contribution in [0.1, 0.15) is 30.6 Å². The molecule has 0 amide bonds. The van der Waals surface area contributed by atoms with Crippen LogP contribution in [-0.4, -0.2) is 39.4 Å². The Balaban J connectivity index is 2.82. The molecule has 2 unspecified atom stereocenters. The summed E-state index contributed by atoms with van der Waals surface area (Å²) in [6.07, 6.45) is 0.565. The summed E-state index contributed by atoms with van der Waals surface area (Å²) >= 11 is 0. The molecule has 20 heavy (non-hydrogen) atoms. The Kier molecular flexibility index (Phi) is 6.31. The first-order chi connectivity index (χ1) is 9.53. The monoisotopic (exact) mass is 281 g/mol. The largest absolute Gasteiger partial charge is 0.493 e. The fourth-order valence-electron chi connectivity index (χ4n) is 1.96. The number of hydrogen-bond acceptors (Lipinski definition) is 5. The Morgan fingerprint density at radius 3 is 2.50 bits per heavy atom. The van der Waals surface area contributed by atoms with E-state index in [1.54, 1.807) is 18.2 Å². The lowest BCUT2D eigenvalue weighted by Gasteiger charge is -2.18. The van der Waals surface area contributed by atoms with Gasteiger partial charge < -0.3 is 19.5 Å². The first-order valence-corrected chi connectivity index (χ1v) is 6.62. The standard InChI is InChI=1S/C15H23NO4/c1-10(16-3)9-11(2)20-15(17)12-7-6-8-13(18-4)14(12)19-5/h6-8,10-11,16H,9H2,1-5H3. The molecule has 0 aromatic heterocycles. The minimum atomic E-state index is -0.406. The molecule has 1 rings (SSSR count). The molecule has 2 atom stereocenters. The van der Waals surface area contributed by atoms with Crippen molar-refractivity contribution < 1.29 is 19.0 Å². The van der Waals surface area contributed by atoms with Gasteiger partial charge in [-0.15, -0.1) is 0 Å². The van der Waals surface area contributed by atoms with Crippen molar-refractivity contribution in [1.29, 1.82) is 0 Å². The van der Waals surface area contributed by atoms with Crippen LogP contribution in [0.25, 0.3) is 0 Å². The molecule has 1 N–H and O–H groups in total. The van der Waals surface area contributed by atoms with Crippen molar-refractivity contribution >= 4 is 5.97 Å². The molecular weight excluding hydrogens is 258 g/mol. The normalized spacial score (nSPS) is 13.4. The van der Waals surface area contributed by atoms with Gasteiger partial charge in [-0.2, -0.15) is 0 Å². The number of hydrogen-bond donors (Lipinski definition) is 1. The van der Waals surface area contributed by atoms with Gasteiger partial charge in [0.25, 0.3) is 0 Å². The molecule has 0 fully saturated rings. The second-order valence-corrected chi connectivity index (χ2v) is 4.68. The van der Waals surface area contributed by atoms with Crippen LogP contribution in [0.5, 0.6) is 11.5 Å². The van der Waals surface area contributed by atoms with Crippen molar-refractivity contribution in [3.8, 4) is 11.5 Å². The van der Waals surface area contributed by atoms with E-state index in [0.717, 1.165) is 6.42 Å². The number of carbonyl (C=O) groups excluding carboxylic acids is 1. The topological polar surface area (TPSA) is 56.8 Å². The number of rotatable bonds is 7. The van der Waals surface area contributed by atoms with Crippen molar-refractivity contribution in [3.05, 3.63) is 23.8 Å². The molecule has 1 aromatic carbocycles. The van der Waals surface area contributed by atoms with Gasteiger partial charge in [-0.05, 0) is 39.4 Å². The third-order valence-corrected chi connectivity index (χ3v) is 3.11. The molecule has 0 aliphatic carbocycles. The number of esters is 1. The molecule has 0 saturated carbocycles. The molecule has 0 radical (unpaired) electrons. The highest BCUT2D eigenvalue weighted by molar-refractivity contribution is 5.93. The highest BCUT2D eigenvalue weighted by Gasteiger charge is 2.20. The van der Waals surface area contributed by atoms with Gasteiger partial charge in [-0.1, -0.05) is 6.07 Å². The molecule has 0 spiro atoms. The minimum Gasteiger partial charge on any atom is -0.493 e. The smallest absolute Gasteiger partial charge is 0.342 e. The Morgan fingerprint density at radius 2 is 1.95 bits per heavy atom. The Bertz CT molecular complexity index is 447. The van der Waals surface area contributed by atoms with E-state index >= 15 is 0 Å². The van der Waals surface area contributed by atoms with Gasteiger partial charge in [-0.3, -0.25) is 0 Å². The summed E-state index contributed by atoms with van der Waals surface area (Å²) in [6.45, 7) is 3.91. The van der Waals surface area contributed by atoms with Gasteiger partial charge in [-0.25, -0.2) is 4.79 Å². The Labute approximate surface area is 120 Å². The summed E-state index contributed by atoms with van der Waals surface area (Å²) < 4.78 is 15.8. The molecule has 1 aromatic rings. The molecular formula is C15H23NO4. The molecule has 0 aliphatic rings. The maximum absolute atomic E-state index is 12.2. The fourth-order valence-corrected chi connectivity index (χ4v) is 1.96. The van der Waals surface area contributed by atoms with E-state index in [1.807, 2.05) is 20.9 Å². The summed E-state index contributed by atoms with van der Waals surface area (Å²) in [5.74, 6) is 0.503. The zero-order valence-corrected chi connectivity index (χ0v) is 12.7. The summed E-state index contributed by atoms with van der Waals surface area (Å²) in [6, 6.07) is 5.42. The minimum absolute atomic E-state index is 0.180. The van der Waals surface area contributed by atoms with Crippen LogP contribution >= 0.6 is 0 Å². The molecule has 5 nitrogen and oxygen atoms in total. The highest BCUT2D eigenvalue weighted by atomic mass is 16.5. The van der Waals surface area contributed by atoms with Gasteiger partial charge >= 0.3 is 5.97 Å². The van der Waals surface area contributed by atoms with Crippen LogP contribution in [0.15, 0.2) is 18.2 Å². The number of nitrogens with one attached hydrogen (secondary N) is 1. The fraction of sp³-hybridized carbons (Fsp3) is 0.533. The molecule has 5 heteroatoms. The van der Waals surface area contributed by atoms with Crippen LogP contribution in [0.2, 0.25) is 0 Å². The molecule has 0 saturated heterocycles. The summed E-state index contributed by atoms with van der Waals surface area (Å²) in [5, 5.41) is 3.11. The number of carbonyl (C=O) groups is 1. The van der Waals surface area contributed by atoms with E-state index < -0.39 is 5.97 Å². The van der Waals surface area contributed by atoms with E-state index in [1.165, 1.54) is 14.2 Å². The number of benzene rings is 1. The molecule has 0 heterocycles. The lowest BCUT2D eigenvalue weighted by molar-refractivity contribution is 0.0304. The van der Waals surface area contributed by atoms with E-state index in [4.69, 9.17) is 14.2 Å². The van der Waals surface area contributed by atoms with Gasteiger partial charge in [0, 0.05) is 6.04 Å². The van der Waals surface area contributed by atoms with Crippen molar-refractivity contribution in [3.63, 3.8) is 0 Å². The average molecular weight is 281 g/mol. The first kappa shape index (κ1) is 16.3. The number of methoxy groups -OCH3 is 2. The summed E-state index contributed by atoms with van der Waals surface area (Å²) in [4.78, 5) is 12.2. The van der Waals surface area contributed by atoms with Crippen LogP contribution in [0, 0.1) is 0 Å². The van der Waals surface area contributed by atoms with Gasteiger partial charge in [0.1, 0.15) is 11.7 Å². The SMILES string of the molecule is CNC(C)CC(C)OC(=O)c1cccc(OC)c1OC. The molecule has 0 bridgehead atoms. The van der Waals surface area contributed by atoms with Crippen LogP contribution < -0.4 is 14.8 Å². The predicted molar refractivity (Wildman–Crippen MR) is 77.6 cm³/mol. The zero-order valence-electron chi connectivity index (χ0n) is 12.7. The van der Waals surface area contributed by atoms with Crippen LogP contribution in [0.3, 0.4) is 0 Å². The van der Waals surface area contributed by atoms with Crippen molar-refractivity contribution in [2.24, 2.45) is 0 Å². The Hall–Kier alpha value is -1.75. The molecule has 112 valence electrons. The maximum atomic E-state index is 12.2. The predicted octanol–water partition coefficient (Wildman–Crippen LogP) is 2.25. The third-order valence-electron chi connectivity index (χ3n) is 3.11. The van der Waals surface area contributed by atoms with E-state index in [2.05, 4.69) is 5.32 Å². The first-order valence-electron chi connectivity index (χ1n) is 6.62. The Morgan fingerprint density at radius 1 is 1.25 bits per heavy atom. The highest BCUT2D eigenvalue weighted by Crippen LogP contribution is 2.31. The van der Waals surface area contributed by atoms with E-state index in [0.29, 0.717) is 17.1 Å². The van der Waals surface area contributed by atoms with Gasteiger partial charge in [0.2, 0.25) is 0 Å². The lowest BCUT2D eigenvalue weighted by atomic mass is 10.1. The summed E-state index contributed by atoms with van der Waals surface area (Å²) in [5.41, 5.74) is 0.371. The average Bonchev–Trinajstić information content (AvgIpc) is 2.45. The van der Waals surface area contributed by atoms with Gasteiger partial charge in [0.15, 0.2) is 11.5 Å². The van der Waals surface area contributed by atoms with Gasteiger partial charge in [0.05, 0.1) is 14.2 Å². The third kappa shape index (κ3) is 4.13. The maximum Gasteiger partial charge on any atom is 0.342 e. The van der Waals surface area contributed by atoms with E-state index in [-0.39, 0.29) is 12.1 Å². The van der Waals surface area contributed by atoms with Crippen molar-refractivity contribution in [1.82, 2.24) is 5.32 Å². The second-order valence-electron chi connectivity index (χ2n) is 4.68. The van der Waals surface area contributed by atoms with Crippen molar-refractivity contribution in [2.75, 3.05) is 21.3 Å². The summed E-state index contributed by atoms with van der Waals surface area (Å²) in [7, 11) is 4.91. The van der Waals surface area contributed by atoms with Crippen LogP contribution in [-0.2, 0) is 4.74 Å². The molecule has 0 aliphatic heterocycles. The number of ether oxygens (including phenoxy) is 3. The number of para-hydroxylation sites is 1. The van der Waals surface area contributed by atoms with Crippen molar-refractivity contribution in [2.45, 2.75) is 32.4 Å². The lowest BCUT2D eigenvalue weighted by Crippen LogP contribution is -2.28. The van der Waals surface area contributed by atoms with E-state index in [9.17, 15) is 4.79 Å². The quantitative estimate of drug-likeness (QED) is 0.777. The second kappa shape index (κ2) is 7.75. The zero-order chi connectivity index (χ0) is 15.1.